The molecule has 0 heterocycles. The van der Waals surface area contributed by atoms with Crippen LogP contribution in [0, 0.1) is 0 Å². The van der Waals surface area contributed by atoms with Gasteiger partial charge in [-0.2, -0.15) is 26.3 Å². The lowest BCUT2D eigenvalue weighted by Crippen LogP contribution is -2.59. The number of hydrogen-bond acceptors (Lipinski definition) is 2. The Morgan fingerprint density at radius 3 is 1.96 bits per heavy atom. The van der Waals surface area contributed by atoms with Gasteiger partial charge in [-0.25, -0.2) is 13.6 Å². The quantitative estimate of drug-likeness (QED) is 0.537. The number of esters is 1. The zero-order valence-corrected chi connectivity index (χ0v) is 11.6. The highest BCUT2D eigenvalue weighted by molar-refractivity contribution is 6.30. The summed E-state index contributed by atoms with van der Waals surface area (Å²) in [6.45, 7) is -2.51. The van der Waals surface area contributed by atoms with E-state index in [-0.39, 0.29) is 10.6 Å². The Bertz CT molecular complexity index is 559. The van der Waals surface area contributed by atoms with Crippen molar-refractivity contribution in [1.82, 2.24) is 0 Å². The van der Waals surface area contributed by atoms with E-state index in [1.54, 1.807) is 0 Å². The molecule has 130 valence electrons. The maximum absolute atomic E-state index is 13.1. The molecular weight excluding hydrogens is 364 g/mol. The molecule has 0 saturated heterocycles. The van der Waals surface area contributed by atoms with Crippen LogP contribution >= 0.6 is 11.6 Å². The average Bonchev–Trinajstić information content (AvgIpc) is 2.45. The molecule has 0 aliphatic carbocycles. The second-order valence-electron chi connectivity index (χ2n) is 4.29. The first-order valence-electron chi connectivity index (χ1n) is 5.67. The Labute approximate surface area is 129 Å². The zero-order valence-electron chi connectivity index (χ0n) is 10.8. The molecule has 0 fully saturated rings. The van der Waals surface area contributed by atoms with Crippen LogP contribution in [0.25, 0.3) is 0 Å². The van der Waals surface area contributed by atoms with E-state index in [0.717, 1.165) is 24.3 Å². The van der Waals surface area contributed by atoms with Gasteiger partial charge in [-0.15, -0.1) is 0 Å². The molecule has 0 spiro atoms. The summed E-state index contributed by atoms with van der Waals surface area (Å²) in [7, 11) is 0. The minimum atomic E-state index is -6.42. The molecule has 2 nitrogen and oxygen atoms in total. The highest BCUT2D eigenvalue weighted by Gasteiger charge is 2.75. The number of hydrogen-bond donors (Lipinski definition) is 0. The molecule has 0 N–H and O–H groups in total. The van der Waals surface area contributed by atoms with Gasteiger partial charge in [0, 0.05) is 5.02 Å². The van der Waals surface area contributed by atoms with E-state index in [0.29, 0.717) is 0 Å². The average molecular weight is 371 g/mol. The van der Waals surface area contributed by atoms with Gasteiger partial charge >= 0.3 is 30.2 Å². The van der Waals surface area contributed by atoms with Crippen molar-refractivity contribution in [2.24, 2.45) is 0 Å². The van der Waals surface area contributed by atoms with Gasteiger partial charge in [0.2, 0.25) is 0 Å². The lowest BCUT2D eigenvalue weighted by atomic mass is 10.1. The lowest BCUT2D eigenvalue weighted by molar-refractivity contribution is -0.343. The summed E-state index contributed by atoms with van der Waals surface area (Å²) < 4.78 is 105. The van der Waals surface area contributed by atoms with Crippen LogP contribution in [0.15, 0.2) is 24.3 Å². The second kappa shape index (κ2) is 6.50. The summed E-state index contributed by atoms with van der Waals surface area (Å²) in [6, 6.07) is 4.29. The molecule has 0 radical (unpaired) electrons. The number of halogens is 9. The fraction of sp³-hybridized carbons (Fsp3) is 0.417. The van der Waals surface area contributed by atoms with Crippen molar-refractivity contribution in [3.63, 3.8) is 0 Å². The lowest BCUT2D eigenvalue weighted by Gasteiger charge is -2.31. The van der Waals surface area contributed by atoms with Gasteiger partial charge in [-0.05, 0) is 24.3 Å². The predicted molar refractivity (Wildman–Crippen MR) is 62.6 cm³/mol. The van der Waals surface area contributed by atoms with Crippen LogP contribution in [-0.2, 0) is 4.74 Å². The third-order valence-corrected chi connectivity index (χ3v) is 2.87. The van der Waals surface area contributed by atoms with Crippen LogP contribution in [0.4, 0.5) is 35.1 Å². The van der Waals surface area contributed by atoms with Gasteiger partial charge in [-0.3, -0.25) is 0 Å². The van der Waals surface area contributed by atoms with E-state index in [2.05, 4.69) is 4.74 Å². The van der Waals surface area contributed by atoms with Crippen molar-refractivity contribution < 1.29 is 44.7 Å². The molecule has 0 aliphatic rings. The molecular formula is C12H7ClF8O2. The molecule has 1 aromatic carbocycles. The van der Waals surface area contributed by atoms with E-state index in [4.69, 9.17) is 11.6 Å². The molecule has 1 aromatic rings. The maximum atomic E-state index is 13.1. The Morgan fingerprint density at radius 1 is 1.04 bits per heavy atom. The molecule has 0 atom stereocenters. The summed E-state index contributed by atoms with van der Waals surface area (Å²) >= 11 is 5.48. The molecule has 0 unspecified atom stereocenters. The minimum absolute atomic E-state index is 0.162. The molecule has 1 rings (SSSR count). The van der Waals surface area contributed by atoms with Crippen molar-refractivity contribution in [3.8, 4) is 0 Å². The predicted octanol–water partition coefficient (Wildman–Crippen LogP) is 4.67. The van der Waals surface area contributed by atoms with Crippen LogP contribution in [0.2, 0.25) is 5.02 Å². The van der Waals surface area contributed by atoms with Crippen LogP contribution in [0.3, 0.4) is 0 Å². The van der Waals surface area contributed by atoms with Gasteiger partial charge in [0.1, 0.15) is 0 Å². The molecule has 23 heavy (non-hydrogen) atoms. The van der Waals surface area contributed by atoms with Crippen LogP contribution in [0.1, 0.15) is 10.4 Å². The first kappa shape index (κ1) is 19.5. The molecule has 11 heteroatoms. The van der Waals surface area contributed by atoms with Gasteiger partial charge < -0.3 is 4.74 Å². The maximum Gasteiger partial charge on any atom is 0.381 e. The number of rotatable bonds is 6. The van der Waals surface area contributed by atoms with Crippen LogP contribution < -0.4 is 0 Å². The number of alkyl halides is 8. The normalized spacial score (nSPS) is 13.3. The van der Waals surface area contributed by atoms with E-state index >= 15 is 0 Å². The van der Waals surface area contributed by atoms with Gasteiger partial charge in [0.25, 0.3) is 0 Å². The third-order valence-electron chi connectivity index (χ3n) is 2.62. The summed E-state index contributed by atoms with van der Waals surface area (Å²) in [5.74, 6) is -20.0. The van der Waals surface area contributed by atoms with Crippen LogP contribution in [0.5, 0.6) is 0 Å². The standard InChI is InChI=1S/C12H7ClF8O2/c13-7-3-1-6(2-4-7)8(22)23-5-10(16,17)12(20,21)11(18,19)9(14)15/h1-4,9H,5H2. The molecule has 0 bridgehead atoms. The van der Waals surface area contributed by atoms with Gasteiger partial charge in [0.05, 0.1) is 5.56 Å². The van der Waals surface area contributed by atoms with Gasteiger partial charge in [0.15, 0.2) is 6.61 Å². The fourth-order valence-electron chi connectivity index (χ4n) is 1.30. The molecule has 0 amide bonds. The molecule has 0 aromatic heterocycles. The molecule has 0 saturated carbocycles. The van der Waals surface area contributed by atoms with Crippen molar-refractivity contribution >= 4 is 17.6 Å². The van der Waals surface area contributed by atoms with E-state index in [1.807, 2.05) is 0 Å². The van der Waals surface area contributed by atoms with E-state index < -0.39 is 36.8 Å². The highest BCUT2D eigenvalue weighted by atomic mass is 35.5. The number of ether oxygens (including phenoxy) is 1. The van der Waals surface area contributed by atoms with Crippen molar-refractivity contribution in [2.45, 2.75) is 24.2 Å². The summed E-state index contributed by atoms with van der Waals surface area (Å²) in [4.78, 5) is 11.3. The van der Waals surface area contributed by atoms with Crippen molar-refractivity contribution in [1.29, 1.82) is 0 Å². The summed E-state index contributed by atoms with van der Waals surface area (Å²) in [5, 5.41) is 0.162. The number of carbonyl (C=O) groups is 1. The second-order valence-corrected chi connectivity index (χ2v) is 4.72. The summed E-state index contributed by atoms with van der Waals surface area (Å²) in [6.07, 6.45) is -5.03. The Morgan fingerprint density at radius 2 is 1.52 bits per heavy atom. The SMILES string of the molecule is O=C(OCC(F)(F)C(F)(F)C(F)(F)C(F)F)c1ccc(Cl)cc1. The number of benzene rings is 1. The fourth-order valence-corrected chi connectivity index (χ4v) is 1.42. The largest absolute Gasteiger partial charge is 0.455 e. The Balaban J connectivity index is 2.86. The van der Waals surface area contributed by atoms with E-state index in [9.17, 15) is 39.9 Å². The van der Waals surface area contributed by atoms with Crippen molar-refractivity contribution in [3.05, 3.63) is 34.9 Å². The smallest absolute Gasteiger partial charge is 0.381 e. The first-order valence-corrected chi connectivity index (χ1v) is 6.05. The topological polar surface area (TPSA) is 26.3 Å². The minimum Gasteiger partial charge on any atom is -0.455 e. The zero-order chi connectivity index (χ0) is 18.1. The number of carbonyl (C=O) groups excluding carboxylic acids is 1. The van der Waals surface area contributed by atoms with Gasteiger partial charge in [-0.1, -0.05) is 11.6 Å². The van der Waals surface area contributed by atoms with Crippen molar-refractivity contribution in [2.75, 3.05) is 6.61 Å². The first-order chi connectivity index (χ1) is 10.3. The third kappa shape index (κ3) is 3.85. The highest BCUT2D eigenvalue weighted by Crippen LogP contribution is 2.48. The monoisotopic (exact) mass is 370 g/mol. The van der Waals surface area contributed by atoms with Crippen LogP contribution in [-0.4, -0.2) is 36.8 Å². The van der Waals surface area contributed by atoms with E-state index in [1.165, 1.54) is 0 Å². The Hall–Kier alpha value is -1.58. The Kier molecular flexibility index (Phi) is 5.50. The summed E-state index contributed by atoms with van der Waals surface area (Å²) in [5.41, 5.74) is -0.380. The molecule has 0 aliphatic heterocycles.